The van der Waals surface area contributed by atoms with Crippen LogP contribution in [0.1, 0.15) is 84.4 Å². The summed E-state index contributed by atoms with van der Waals surface area (Å²) in [7, 11) is 0. The second-order valence-electron chi connectivity index (χ2n) is 10.8. The fraction of sp³-hybridized carbons (Fsp3) is 0.643. The van der Waals surface area contributed by atoms with Gasteiger partial charge in [-0.15, -0.1) is 0 Å². The summed E-state index contributed by atoms with van der Waals surface area (Å²) in [5, 5.41) is 15.6. The van der Waals surface area contributed by atoms with Crippen LogP contribution in [0.25, 0.3) is 0 Å². The number of esters is 1. The monoisotopic (exact) mass is 533 g/mol. The molecule has 0 heterocycles. The Kier molecular flexibility index (Phi) is 11.0. The Bertz CT molecular complexity index is 1000. The van der Waals surface area contributed by atoms with Crippen LogP contribution in [0.3, 0.4) is 0 Å². The first-order valence-electron chi connectivity index (χ1n) is 13.3. The van der Waals surface area contributed by atoms with E-state index in [-0.39, 0.29) is 43.2 Å². The number of benzene rings is 1. The molecule has 3 amide bonds. The van der Waals surface area contributed by atoms with E-state index in [1.165, 1.54) is 6.07 Å². The average molecular weight is 534 g/mol. The zero-order valence-corrected chi connectivity index (χ0v) is 23.6. The molecule has 1 aromatic carbocycles. The predicted molar refractivity (Wildman–Crippen MR) is 142 cm³/mol. The third-order valence-corrected chi connectivity index (χ3v) is 6.34. The van der Waals surface area contributed by atoms with Gasteiger partial charge < -0.3 is 30.1 Å². The zero-order chi connectivity index (χ0) is 28.6. The molecule has 0 radical (unpaired) electrons. The van der Waals surface area contributed by atoms with Gasteiger partial charge >= 0.3 is 12.1 Å². The highest BCUT2D eigenvalue weighted by Crippen LogP contribution is 2.37. The number of carbonyl (C=O) groups excluding carboxylic acids is 4. The van der Waals surface area contributed by atoms with E-state index < -0.39 is 35.7 Å². The molecule has 10 heteroatoms. The number of phenols is 1. The summed E-state index contributed by atoms with van der Waals surface area (Å²) in [5.41, 5.74) is 0.337. The lowest BCUT2D eigenvalue weighted by Crippen LogP contribution is -2.56. The van der Waals surface area contributed by atoms with Crippen molar-refractivity contribution in [3.63, 3.8) is 0 Å². The van der Waals surface area contributed by atoms with E-state index in [1.807, 2.05) is 13.8 Å². The molecule has 0 bridgehead atoms. The van der Waals surface area contributed by atoms with Crippen molar-refractivity contribution in [1.82, 2.24) is 15.5 Å². The first kappa shape index (κ1) is 30.9. The molecule has 1 fully saturated rings. The molecule has 3 N–H and O–H groups in total. The highest BCUT2D eigenvalue weighted by atomic mass is 16.6. The summed E-state index contributed by atoms with van der Waals surface area (Å²) in [6.07, 6.45) is 1.33. The molecule has 1 aromatic rings. The van der Waals surface area contributed by atoms with Gasteiger partial charge in [0, 0.05) is 12.6 Å². The van der Waals surface area contributed by atoms with Crippen LogP contribution in [0.2, 0.25) is 0 Å². The molecule has 212 valence electrons. The maximum atomic E-state index is 14.1. The molecule has 0 spiro atoms. The van der Waals surface area contributed by atoms with E-state index in [2.05, 4.69) is 10.6 Å². The Balaban J connectivity index is 2.42. The Morgan fingerprint density at radius 1 is 1.16 bits per heavy atom. The second kappa shape index (κ2) is 13.5. The summed E-state index contributed by atoms with van der Waals surface area (Å²) in [5.74, 6) is -1.43. The predicted octanol–water partition coefficient (Wildman–Crippen LogP) is 3.74. The van der Waals surface area contributed by atoms with E-state index in [0.29, 0.717) is 17.5 Å². The van der Waals surface area contributed by atoms with E-state index in [9.17, 15) is 24.3 Å². The minimum absolute atomic E-state index is 0.00598. The molecular formula is C28H43N3O7. The van der Waals surface area contributed by atoms with E-state index in [4.69, 9.17) is 9.47 Å². The molecular weight excluding hydrogens is 490 g/mol. The number of hydrogen-bond donors (Lipinski definition) is 3. The van der Waals surface area contributed by atoms with Crippen molar-refractivity contribution < 1.29 is 33.8 Å². The van der Waals surface area contributed by atoms with Crippen molar-refractivity contribution in [3.05, 3.63) is 29.3 Å². The van der Waals surface area contributed by atoms with Crippen LogP contribution in [0.15, 0.2) is 18.2 Å². The molecule has 10 nitrogen and oxygen atoms in total. The number of carbonyl (C=O) groups is 4. The fourth-order valence-electron chi connectivity index (χ4n) is 4.05. The number of aryl methyl sites for hydroxylation is 1. The van der Waals surface area contributed by atoms with Gasteiger partial charge in [-0.3, -0.25) is 14.4 Å². The molecule has 0 aromatic heterocycles. The van der Waals surface area contributed by atoms with E-state index in [1.54, 1.807) is 51.7 Å². The van der Waals surface area contributed by atoms with Crippen molar-refractivity contribution in [2.75, 3.05) is 13.2 Å². The summed E-state index contributed by atoms with van der Waals surface area (Å²) < 4.78 is 10.4. The number of nitrogens with zero attached hydrogens (tertiary/aromatic N) is 1. The summed E-state index contributed by atoms with van der Waals surface area (Å²) in [4.78, 5) is 53.7. The van der Waals surface area contributed by atoms with Gasteiger partial charge in [0.1, 0.15) is 23.4 Å². The number of nitrogens with one attached hydrogen (secondary N) is 2. The third kappa shape index (κ3) is 8.92. The van der Waals surface area contributed by atoms with Gasteiger partial charge in [-0.05, 0) is 76.6 Å². The molecule has 1 saturated carbocycles. The Hall–Kier alpha value is -3.30. The standard InChI is InChI=1S/C28H43N3O7/c1-8-17(3)23(30-27(36)38-28(5,6)7)26(35)31(20-11-12-20)24(19-10-13-21(32)18(4)16-19)25(34)29-15-14-22(33)37-9-2/h10,13,16-17,20,23-24,32H,8-9,11-12,14-15H2,1-7H3,(H,29,34)(H,30,36). The number of alkyl carbamates (subject to hydrolysis) is 1. The van der Waals surface area contributed by atoms with Gasteiger partial charge in [-0.25, -0.2) is 4.79 Å². The van der Waals surface area contributed by atoms with Crippen molar-refractivity contribution in [1.29, 1.82) is 0 Å². The SMILES string of the molecule is CCOC(=O)CCNC(=O)C(c1ccc(O)c(C)c1)N(C(=O)C(NC(=O)OC(C)(C)C)C(C)CC)C1CC1. The minimum Gasteiger partial charge on any atom is -0.508 e. The molecule has 0 aliphatic heterocycles. The highest BCUT2D eigenvalue weighted by Gasteiger charge is 2.45. The molecule has 2 rings (SSSR count). The van der Waals surface area contributed by atoms with Crippen molar-refractivity contribution in [2.45, 2.75) is 97.9 Å². The van der Waals surface area contributed by atoms with Gasteiger partial charge in [0.25, 0.3) is 0 Å². The van der Waals surface area contributed by atoms with Crippen LogP contribution in [0, 0.1) is 12.8 Å². The molecule has 38 heavy (non-hydrogen) atoms. The maximum Gasteiger partial charge on any atom is 0.408 e. The molecule has 1 aliphatic carbocycles. The van der Waals surface area contributed by atoms with E-state index >= 15 is 0 Å². The zero-order valence-electron chi connectivity index (χ0n) is 23.6. The Morgan fingerprint density at radius 2 is 1.82 bits per heavy atom. The van der Waals surface area contributed by atoms with Crippen molar-refractivity contribution in [2.24, 2.45) is 5.92 Å². The van der Waals surface area contributed by atoms with Gasteiger partial charge in [-0.1, -0.05) is 26.3 Å². The maximum absolute atomic E-state index is 14.1. The fourth-order valence-corrected chi connectivity index (χ4v) is 4.05. The molecule has 0 saturated heterocycles. The van der Waals surface area contributed by atoms with Crippen molar-refractivity contribution >= 4 is 23.9 Å². The third-order valence-electron chi connectivity index (χ3n) is 6.34. The lowest BCUT2D eigenvalue weighted by molar-refractivity contribution is -0.145. The smallest absolute Gasteiger partial charge is 0.408 e. The summed E-state index contributed by atoms with van der Waals surface area (Å²) >= 11 is 0. The first-order chi connectivity index (χ1) is 17.8. The van der Waals surface area contributed by atoms with E-state index in [0.717, 1.165) is 12.8 Å². The van der Waals surface area contributed by atoms with Gasteiger partial charge in [-0.2, -0.15) is 0 Å². The highest BCUT2D eigenvalue weighted by molar-refractivity contribution is 5.93. The first-order valence-corrected chi connectivity index (χ1v) is 13.3. The van der Waals surface area contributed by atoms with Crippen LogP contribution in [0.4, 0.5) is 4.79 Å². The lowest BCUT2D eigenvalue weighted by Gasteiger charge is -2.36. The van der Waals surface area contributed by atoms with Crippen LogP contribution in [-0.2, 0) is 23.9 Å². The van der Waals surface area contributed by atoms with Crippen LogP contribution < -0.4 is 10.6 Å². The van der Waals surface area contributed by atoms with Crippen LogP contribution in [-0.4, -0.2) is 64.7 Å². The number of phenolic OH excluding ortho intramolecular Hbond substituents is 1. The Labute approximate surface area is 225 Å². The largest absolute Gasteiger partial charge is 0.508 e. The normalized spacial score (nSPS) is 15.6. The van der Waals surface area contributed by atoms with Crippen LogP contribution in [0.5, 0.6) is 5.75 Å². The molecule has 3 unspecified atom stereocenters. The second-order valence-corrected chi connectivity index (χ2v) is 10.8. The number of ether oxygens (including phenoxy) is 2. The van der Waals surface area contributed by atoms with Gasteiger partial charge in [0.2, 0.25) is 11.8 Å². The molecule has 3 atom stereocenters. The van der Waals surface area contributed by atoms with Crippen molar-refractivity contribution in [3.8, 4) is 5.75 Å². The quantitative estimate of drug-likeness (QED) is 0.348. The lowest BCUT2D eigenvalue weighted by atomic mass is 9.95. The topological polar surface area (TPSA) is 134 Å². The summed E-state index contributed by atoms with van der Waals surface area (Å²) in [6.45, 7) is 12.7. The molecule has 1 aliphatic rings. The van der Waals surface area contributed by atoms with Gasteiger partial charge in [0.15, 0.2) is 0 Å². The number of aromatic hydroxyl groups is 1. The Morgan fingerprint density at radius 3 is 2.34 bits per heavy atom. The van der Waals surface area contributed by atoms with Crippen LogP contribution >= 0.6 is 0 Å². The number of rotatable bonds is 12. The number of hydrogen-bond acceptors (Lipinski definition) is 7. The minimum atomic E-state index is -1.02. The average Bonchev–Trinajstić information content (AvgIpc) is 3.66. The summed E-state index contributed by atoms with van der Waals surface area (Å²) in [6, 6.07) is 2.65. The van der Waals surface area contributed by atoms with Gasteiger partial charge in [0.05, 0.1) is 13.0 Å². The number of amides is 3.